The van der Waals surface area contributed by atoms with Gasteiger partial charge in [0.1, 0.15) is 0 Å². The summed E-state index contributed by atoms with van der Waals surface area (Å²) in [4.78, 5) is 13.7. The Morgan fingerprint density at radius 2 is 1.84 bits per heavy atom. The van der Waals surface area contributed by atoms with Gasteiger partial charge in [-0.05, 0) is 19.1 Å². The predicted octanol–water partition coefficient (Wildman–Crippen LogP) is 3.61. The standard InChI is InChI=1S/C13H14F3NOS/c1-8(12(19)17(2)3)11(18)9-5-4-6-10(7-9)13(14,15)16/h4-7,19H,1-3H3. The van der Waals surface area contributed by atoms with Crippen molar-refractivity contribution in [1.29, 1.82) is 0 Å². The molecule has 6 heteroatoms. The molecule has 0 aromatic heterocycles. The van der Waals surface area contributed by atoms with Crippen molar-refractivity contribution < 1.29 is 18.0 Å². The van der Waals surface area contributed by atoms with Crippen LogP contribution < -0.4 is 0 Å². The number of hydrogen-bond donors (Lipinski definition) is 1. The molecule has 0 saturated carbocycles. The lowest BCUT2D eigenvalue weighted by molar-refractivity contribution is -0.137. The van der Waals surface area contributed by atoms with Crippen LogP contribution in [0.3, 0.4) is 0 Å². The predicted molar refractivity (Wildman–Crippen MR) is 71.1 cm³/mol. The van der Waals surface area contributed by atoms with Crippen LogP contribution in [0, 0.1) is 0 Å². The van der Waals surface area contributed by atoms with Crippen molar-refractivity contribution in [2.45, 2.75) is 13.1 Å². The fourth-order valence-corrected chi connectivity index (χ4v) is 1.59. The SMILES string of the molecule is CC(C(=O)c1cccc(C(F)(F)F)c1)=C(S)N(C)C. The van der Waals surface area contributed by atoms with Crippen molar-refractivity contribution in [3.8, 4) is 0 Å². The van der Waals surface area contributed by atoms with Crippen LogP contribution in [0.5, 0.6) is 0 Å². The number of ketones is 1. The molecule has 104 valence electrons. The Labute approximate surface area is 115 Å². The molecule has 0 amide bonds. The first-order valence-electron chi connectivity index (χ1n) is 5.43. The van der Waals surface area contributed by atoms with Gasteiger partial charge in [0.05, 0.1) is 10.6 Å². The second kappa shape index (κ2) is 5.69. The van der Waals surface area contributed by atoms with Crippen molar-refractivity contribution >= 4 is 18.4 Å². The molecular weight excluding hydrogens is 275 g/mol. The first-order chi connectivity index (χ1) is 8.64. The second-order valence-corrected chi connectivity index (χ2v) is 4.67. The number of carbonyl (C=O) groups is 1. The van der Waals surface area contributed by atoms with E-state index in [-0.39, 0.29) is 5.56 Å². The number of carbonyl (C=O) groups excluding carboxylic acids is 1. The molecule has 19 heavy (non-hydrogen) atoms. The van der Waals surface area contributed by atoms with Crippen LogP contribution in [0.4, 0.5) is 13.2 Å². The Balaban J connectivity index is 3.19. The van der Waals surface area contributed by atoms with E-state index in [1.54, 1.807) is 19.0 Å². The molecule has 0 radical (unpaired) electrons. The molecule has 2 nitrogen and oxygen atoms in total. The molecule has 0 bridgehead atoms. The molecule has 0 saturated heterocycles. The monoisotopic (exact) mass is 289 g/mol. The minimum absolute atomic E-state index is 0.000671. The van der Waals surface area contributed by atoms with Crippen LogP contribution in [-0.4, -0.2) is 24.8 Å². The minimum atomic E-state index is -4.46. The van der Waals surface area contributed by atoms with Gasteiger partial charge in [-0.15, -0.1) is 12.6 Å². The third-order valence-corrected chi connectivity index (χ3v) is 3.29. The number of thiol groups is 1. The number of hydrogen-bond acceptors (Lipinski definition) is 3. The zero-order valence-corrected chi connectivity index (χ0v) is 11.6. The van der Waals surface area contributed by atoms with Crippen LogP contribution in [-0.2, 0) is 6.18 Å². The molecule has 0 unspecified atom stereocenters. The topological polar surface area (TPSA) is 20.3 Å². The van der Waals surface area contributed by atoms with Crippen LogP contribution in [0.25, 0.3) is 0 Å². The second-order valence-electron chi connectivity index (χ2n) is 4.25. The van der Waals surface area contributed by atoms with Crippen molar-refractivity contribution in [3.05, 3.63) is 46.0 Å². The fraction of sp³-hybridized carbons (Fsp3) is 0.308. The van der Waals surface area contributed by atoms with Gasteiger partial charge in [0.25, 0.3) is 0 Å². The average Bonchev–Trinajstić information content (AvgIpc) is 2.35. The maximum absolute atomic E-state index is 12.6. The Hall–Kier alpha value is -1.43. The van der Waals surface area contributed by atoms with E-state index in [9.17, 15) is 18.0 Å². The molecular formula is C13H14F3NOS. The largest absolute Gasteiger partial charge is 0.416 e. The van der Waals surface area contributed by atoms with E-state index in [0.29, 0.717) is 10.6 Å². The fourth-order valence-electron chi connectivity index (χ4n) is 1.49. The van der Waals surface area contributed by atoms with Gasteiger partial charge in [0, 0.05) is 25.2 Å². The molecule has 0 aliphatic carbocycles. The van der Waals surface area contributed by atoms with Crippen LogP contribution in [0.1, 0.15) is 22.8 Å². The molecule has 0 atom stereocenters. The molecule has 1 aromatic carbocycles. The summed E-state index contributed by atoms with van der Waals surface area (Å²) in [5.41, 5.74) is -0.537. The maximum Gasteiger partial charge on any atom is 0.416 e. The van der Waals surface area contributed by atoms with Gasteiger partial charge in [0.15, 0.2) is 5.78 Å². The van der Waals surface area contributed by atoms with E-state index in [1.807, 2.05) is 0 Å². The van der Waals surface area contributed by atoms with Crippen molar-refractivity contribution in [2.75, 3.05) is 14.1 Å². The Morgan fingerprint density at radius 1 is 1.26 bits per heavy atom. The van der Waals surface area contributed by atoms with Crippen molar-refractivity contribution in [1.82, 2.24) is 4.90 Å². The van der Waals surface area contributed by atoms with Crippen LogP contribution in [0.15, 0.2) is 34.9 Å². The summed E-state index contributed by atoms with van der Waals surface area (Å²) < 4.78 is 37.7. The zero-order chi connectivity index (χ0) is 14.8. The Kier molecular flexibility index (Phi) is 4.68. The van der Waals surface area contributed by atoms with Gasteiger partial charge in [-0.3, -0.25) is 4.79 Å². The van der Waals surface area contributed by atoms with E-state index in [2.05, 4.69) is 12.6 Å². The Bertz CT molecular complexity index is 521. The van der Waals surface area contributed by atoms with E-state index in [1.165, 1.54) is 19.1 Å². The average molecular weight is 289 g/mol. The number of benzene rings is 1. The zero-order valence-electron chi connectivity index (χ0n) is 10.7. The number of Topliss-reactive ketones (excluding diaryl/α,β-unsaturated/α-hetero) is 1. The molecule has 0 heterocycles. The molecule has 0 aliphatic rings. The lowest BCUT2D eigenvalue weighted by atomic mass is 10.0. The van der Waals surface area contributed by atoms with Crippen molar-refractivity contribution in [3.63, 3.8) is 0 Å². The van der Waals surface area contributed by atoms with Gasteiger partial charge in [-0.25, -0.2) is 0 Å². The quantitative estimate of drug-likeness (QED) is 0.521. The third-order valence-electron chi connectivity index (χ3n) is 2.55. The number of rotatable bonds is 3. The molecule has 0 fully saturated rings. The van der Waals surface area contributed by atoms with E-state index in [0.717, 1.165) is 12.1 Å². The summed E-state index contributed by atoms with van der Waals surface area (Å²) in [5, 5.41) is 0.419. The molecule has 0 aliphatic heterocycles. The van der Waals surface area contributed by atoms with Crippen molar-refractivity contribution in [2.24, 2.45) is 0 Å². The summed E-state index contributed by atoms with van der Waals surface area (Å²) in [6.45, 7) is 1.53. The molecule has 1 rings (SSSR count). The molecule has 1 aromatic rings. The van der Waals surface area contributed by atoms with Gasteiger partial charge < -0.3 is 4.90 Å². The van der Waals surface area contributed by atoms with Gasteiger partial charge in [-0.2, -0.15) is 13.2 Å². The van der Waals surface area contributed by atoms with Crippen LogP contribution >= 0.6 is 12.6 Å². The van der Waals surface area contributed by atoms with Gasteiger partial charge in [-0.1, -0.05) is 12.1 Å². The smallest absolute Gasteiger partial charge is 0.372 e. The lowest BCUT2D eigenvalue weighted by Crippen LogP contribution is -2.13. The number of nitrogens with zero attached hydrogens (tertiary/aromatic N) is 1. The number of alkyl halides is 3. The van der Waals surface area contributed by atoms with E-state index in [4.69, 9.17) is 0 Å². The summed E-state index contributed by atoms with van der Waals surface area (Å²) in [5.74, 6) is -0.468. The normalized spacial score (nSPS) is 13.0. The number of allylic oxidation sites excluding steroid dienone is 1. The molecule has 0 spiro atoms. The van der Waals surface area contributed by atoms with Gasteiger partial charge >= 0.3 is 6.18 Å². The van der Waals surface area contributed by atoms with Gasteiger partial charge in [0.2, 0.25) is 0 Å². The first-order valence-corrected chi connectivity index (χ1v) is 5.88. The Morgan fingerprint density at radius 3 is 2.32 bits per heavy atom. The summed E-state index contributed by atoms with van der Waals surface area (Å²) in [6.07, 6.45) is -4.46. The number of halogens is 3. The third kappa shape index (κ3) is 3.76. The maximum atomic E-state index is 12.6. The molecule has 0 N–H and O–H groups in total. The highest BCUT2D eigenvalue weighted by molar-refractivity contribution is 7.84. The first kappa shape index (κ1) is 15.6. The summed E-state index contributed by atoms with van der Waals surface area (Å²) in [7, 11) is 3.40. The summed E-state index contributed by atoms with van der Waals surface area (Å²) >= 11 is 4.15. The van der Waals surface area contributed by atoms with E-state index >= 15 is 0 Å². The van der Waals surface area contributed by atoms with Crippen LogP contribution in [0.2, 0.25) is 0 Å². The summed E-state index contributed by atoms with van der Waals surface area (Å²) in [6, 6.07) is 4.36. The minimum Gasteiger partial charge on any atom is -0.372 e. The highest BCUT2D eigenvalue weighted by atomic mass is 32.1. The highest BCUT2D eigenvalue weighted by Crippen LogP contribution is 2.30. The van der Waals surface area contributed by atoms with E-state index < -0.39 is 17.5 Å². The highest BCUT2D eigenvalue weighted by Gasteiger charge is 2.31. The lowest BCUT2D eigenvalue weighted by Gasteiger charge is -2.15.